The third-order valence-corrected chi connectivity index (χ3v) is 4.94. The third-order valence-electron chi connectivity index (χ3n) is 3.16. The summed E-state index contributed by atoms with van der Waals surface area (Å²) in [5, 5.41) is 0.487. The van der Waals surface area contributed by atoms with Gasteiger partial charge in [0, 0.05) is 6.54 Å². The summed E-state index contributed by atoms with van der Waals surface area (Å²) >= 11 is 5.96. The molecule has 0 amide bonds. The number of halogens is 1. The second-order valence-electron chi connectivity index (χ2n) is 4.81. The Kier molecular flexibility index (Phi) is 5.87. The van der Waals surface area contributed by atoms with Crippen LogP contribution in [0, 0.1) is 6.92 Å². The Morgan fingerprint density at radius 1 is 1.13 bits per heavy atom. The predicted molar refractivity (Wildman–Crippen MR) is 89.9 cm³/mol. The first kappa shape index (κ1) is 17.6. The summed E-state index contributed by atoms with van der Waals surface area (Å²) in [6.45, 7) is 2.11. The highest BCUT2D eigenvalue weighted by Crippen LogP contribution is 2.23. The molecule has 0 aliphatic heterocycles. The Labute approximate surface area is 141 Å². The zero-order valence-electron chi connectivity index (χ0n) is 12.9. The molecule has 0 radical (unpaired) electrons. The molecule has 2 aromatic carbocycles. The van der Waals surface area contributed by atoms with Crippen molar-refractivity contribution < 1.29 is 17.9 Å². The Morgan fingerprint density at radius 2 is 1.87 bits per heavy atom. The second-order valence-corrected chi connectivity index (χ2v) is 6.98. The van der Waals surface area contributed by atoms with Crippen LogP contribution in [0.2, 0.25) is 5.02 Å². The molecular weight excluding hydrogens is 338 g/mol. The van der Waals surface area contributed by atoms with Crippen LogP contribution in [0.1, 0.15) is 5.56 Å². The number of ether oxygens (including phenoxy) is 2. The molecule has 1 N–H and O–H groups in total. The molecule has 0 saturated heterocycles. The van der Waals surface area contributed by atoms with Crippen molar-refractivity contribution in [2.24, 2.45) is 0 Å². The van der Waals surface area contributed by atoms with Crippen LogP contribution in [0.3, 0.4) is 0 Å². The molecule has 124 valence electrons. The molecule has 0 aromatic heterocycles. The van der Waals surface area contributed by atoms with Gasteiger partial charge >= 0.3 is 0 Å². The molecule has 5 nitrogen and oxygen atoms in total. The number of nitrogens with one attached hydrogen (secondary N) is 1. The lowest BCUT2D eigenvalue weighted by atomic mass is 10.2. The van der Waals surface area contributed by atoms with Gasteiger partial charge in [0.05, 0.1) is 17.0 Å². The van der Waals surface area contributed by atoms with Gasteiger partial charge in [0.2, 0.25) is 10.0 Å². The van der Waals surface area contributed by atoms with Crippen LogP contribution < -0.4 is 14.2 Å². The van der Waals surface area contributed by atoms with Gasteiger partial charge in [-0.25, -0.2) is 13.1 Å². The molecule has 0 atom stereocenters. The number of hydrogen-bond acceptors (Lipinski definition) is 4. The smallest absolute Gasteiger partial charge is 0.240 e. The number of benzene rings is 2. The SMILES string of the molecule is COc1ccc(S(=O)(=O)NCCOc2ccccc2Cl)cc1C. The Hall–Kier alpha value is -1.76. The van der Waals surface area contributed by atoms with E-state index in [0.717, 1.165) is 5.56 Å². The monoisotopic (exact) mass is 355 g/mol. The fourth-order valence-corrected chi connectivity index (χ4v) is 3.29. The largest absolute Gasteiger partial charge is 0.496 e. The molecule has 0 aliphatic carbocycles. The van der Waals surface area contributed by atoms with E-state index in [4.69, 9.17) is 21.1 Å². The van der Waals surface area contributed by atoms with Gasteiger partial charge in [-0.1, -0.05) is 23.7 Å². The Bertz CT molecular complexity index is 777. The fourth-order valence-electron chi connectivity index (χ4n) is 2.00. The van der Waals surface area contributed by atoms with Crippen molar-refractivity contribution in [1.29, 1.82) is 0 Å². The van der Waals surface area contributed by atoms with E-state index >= 15 is 0 Å². The zero-order chi connectivity index (χ0) is 16.9. The molecular formula is C16H18ClNO4S. The van der Waals surface area contributed by atoms with Crippen molar-refractivity contribution in [3.8, 4) is 11.5 Å². The van der Waals surface area contributed by atoms with Crippen LogP contribution in [0.15, 0.2) is 47.4 Å². The lowest BCUT2D eigenvalue weighted by molar-refractivity contribution is 0.323. The fraction of sp³-hybridized carbons (Fsp3) is 0.250. The third kappa shape index (κ3) is 4.60. The summed E-state index contributed by atoms with van der Waals surface area (Å²) in [5.74, 6) is 1.17. The number of aryl methyl sites for hydroxylation is 1. The Morgan fingerprint density at radius 3 is 2.52 bits per heavy atom. The lowest BCUT2D eigenvalue weighted by Gasteiger charge is -2.11. The molecule has 0 fully saturated rings. The minimum Gasteiger partial charge on any atom is -0.496 e. The molecule has 23 heavy (non-hydrogen) atoms. The maximum Gasteiger partial charge on any atom is 0.240 e. The van der Waals surface area contributed by atoms with E-state index < -0.39 is 10.0 Å². The van der Waals surface area contributed by atoms with Crippen LogP contribution >= 0.6 is 11.6 Å². The van der Waals surface area contributed by atoms with Crippen LogP contribution in [-0.4, -0.2) is 28.7 Å². The van der Waals surface area contributed by atoms with Crippen LogP contribution in [0.4, 0.5) is 0 Å². The van der Waals surface area contributed by atoms with E-state index in [-0.39, 0.29) is 18.0 Å². The summed E-state index contributed by atoms with van der Waals surface area (Å²) < 4.78 is 37.5. The zero-order valence-corrected chi connectivity index (χ0v) is 14.4. The number of para-hydroxylation sites is 1. The summed E-state index contributed by atoms with van der Waals surface area (Å²) in [5.41, 5.74) is 0.752. The van der Waals surface area contributed by atoms with E-state index in [1.54, 1.807) is 50.4 Å². The van der Waals surface area contributed by atoms with E-state index in [0.29, 0.717) is 16.5 Å². The number of rotatable bonds is 7. The summed E-state index contributed by atoms with van der Waals surface area (Å²) in [6.07, 6.45) is 0. The van der Waals surface area contributed by atoms with Gasteiger partial charge in [-0.05, 0) is 42.8 Å². The van der Waals surface area contributed by atoms with Crippen LogP contribution in [0.5, 0.6) is 11.5 Å². The van der Waals surface area contributed by atoms with Crippen LogP contribution in [0.25, 0.3) is 0 Å². The van der Waals surface area contributed by atoms with Crippen molar-refractivity contribution in [2.45, 2.75) is 11.8 Å². The van der Waals surface area contributed by atoms with Gasteiger partial charge in [0.25, 0.3) is 0 Å². The number of methoxy groups -OCH3 is 1. The van der Waals surface area contributed by atoms with Gasteiger partial charge < -0.3 is 9.47 Å². The molecule has 2 rings (SSSR count). The number of hydrogen-bond donors (Lipinski definition) is 1. The summed E-state index contributed by atoms with van der Waals surface area (Å²) in [4.78, 5) is 0.188. The molecule has 0 saturated carbocycles. The lowest BCUT2D eigenvalue weighted by Crippen LogP contribution is -2.28. The minimum absolute atomic E-state index is 0.138. The highest BCUT2D eigenvalue weighted by molar-refractivity contribution is 7.89. The molecule has 0 bridgehead atoms. The van der Waals surface area contributed by atoms with E-state index in [9.17, 15) is 8.42 Å². The van der Waals surface area contributed by atoms with E-state index in [2.05, 4.69) is 4.72 Å². The van der Waals surface area contributed by atoms with Gasteiger partial charge in [-0.15, -0.1) is 0 Å². The average Bonchev–Trinajstić information content (AvgIpc) is 2.53. The molecule has 0 heterocycles. The van der Waals surface area contributed by atoms with Crippen molar-refractivity contribution in [1.82, 2.24) is 4.72 Å². The topological polar surface area (TPSA) is 64.6 Å². The highest BCUT2D eigenvalue weighted by atomic mass is 35.5. The first-order chi connectivity index (χ1) is 10.9. The summed E-state index contributed by atoms with van der Waals surface area (Å²) in [6, 6.07) is 11.7. The quantitative estimate of drug-likeness (QED) is 0.775. The van der Waals surface area contributed by atoms with Gasteiger partial charge in [0.15, 0.2) is 0 Å². The van der Waals surface area contributed by atoms with Crippen LogP contribution in [-0.2, 0) is 10.0 Å². The van der Waals surface area contributed by atoms with Gasteiger partial charge in [-0.2, -0.15) is 0 Å². The first-order valence-electron chi connectivity index (χ1n) is 6.95. The summed E-state index contributed by atoms with van der Waals surface area (Å²) in [7, 11) is -2.05. The number of sulfonamides is 1. The van der Waals surface area contributed by atoms with E-state index in [1.807, 2.05) is 0 Å². The standard InChI is InChI=1S/C16H18ClNO4S/c1-12-11-13(7-8-15(12)21-2)23(19,20)18-9-10-22-16-6-4-3-5-14(16)17/h3-8,11,18H,9-10H2,1-2H3. The van der Waals surface area contributed by atoms with Crippen molar-refractivity contribution in [2.75, 3.05) is 20.3 Å². The molecule has 7 heteroatoms. The minimum atomic E-state index is -3.59. The van der Waals surface area contributed by atoms with Crippen molar-refractivity contribution in [3.05, 3.63) is 53.1 Å². The van der Waals surface area contributed by atoms with Crippen molar-refractivity contribution in [3.63, 3.8) is 0 Å². The predicted octanol–water partition coefficient (Wildman–Crippen LogP) is 3.01. The second kappa shape index (κ2) is 7.68. The Balaban J connectivity index is 1.94. The average molecular weight is 356 g/mol. The molecule has 0 unspecified atom stereocenters. The van der Waals surface area contributed by atoms with Crippen molar-refractivity contribution >= 4 is 21.6 Å². The normalized spacial score (nSPS) is 11.3. The van der Waals surface area contributed by atoms with E-state index in [1.165, 1.54) is 6.07 Å². The molecule has 2 aromatic rings. The van der Waals surface area contributed by atoms with Gasteiger partial charge in [0.1, 0.15) is 18.1 Å². The highest BCUT2D eigenvalue weighted by Gasteiger charge is 2.15. The molecule has 0 spiro atoms. The maximum atomic E-state index is 12.2. The molecule has 0 aliphatic rings. The first-order valence-corrected chi connectivity index (χ1v) is 8.82. The maximum absolute atomic E-state index is 12.2. The van der Waals surface area contributed by atoms with Gasteiger partial charge in [-0.3, -0.25) is 0 Å².